The highest BCUT2D eigenvalue weighted by atomic mass is 16.5. The van der Waals surface area contributed by atoms with E-state index in [4.69, 9.17) is 4.74 Å². The molecule has 0 unspecified atom stereocenters. The molecule has 1 aromatic heterocycles. The second-order valence-corrected chi connectivity index (χ2v) is 5.20. The Morgan fingerprint density at radius 2 is 2.30 bits per heavy atom. The lowest BCUT2D eigenvalue weighted by Crippen LogP contribution is -2.14. The Morgan fingerprint density at radius 1 is 1.40 bits per heavy atom. The van der Waals surface area contributed by atoms with Crippen LogP contribution in [0, 0.1) is 0 Å². The third kappa shape index (κ3) is 2.62. The maximum absolute atomic E-state index is 5.18. The highest BCUT2D eigenvalue weighted by Gasteiger charge is 2.20. The molecule has 1 atom stereocenters. The number of imidazole rings is 1. The lowest BCUT2D eigenvalue weighted by Gasteiger charge is -2.17. The van der Waals surface area contributed by atoms with E-state index in [1.165, 1.54) is 29.7 Å². The first kappa shape index (κ1) is 13.3. The van der Waals surface area contributed by atoms with Gasteiger partial charge in [0.05, 0.1) is 24.8 Å². The van der Waals surface area contributed by atoms with Crippen LogP contribution in [0.5, 0.6) is 0 Å². The average molecular weight is 271 g/mol. The summed E-state index contributed by atoms with van der Waals surface area (Å²) in [5.74, 6) is 0. The Labute approximate surface area is 119 Å². The van der Waals surface area contributed by atoms with Crippen molar-refractivity contribution >= 4 is 0 Å². The third-order valence-electron chi connectivity index (χ3n) is 3.92. The third-order valence-corrected chi connectivity index (χ3v) is 3.92. The van der Waals surface area contributed by atoms with E-state index in [-0.39, 0.29) is 0 Å². The van der Waals surface area contributed by atoms with Crippen molar-refractivity contribution in [2.24, 2.45) is 0 Å². The van der Waals surface area contributed by atoms with Crippen molar-refractivity contribution in [3.63, 3.8) is 0 Å². The number of methoxy groups -OCH3 is 1. The Bertz CT molecular complexity index is 558. The first-order valence-electron chi connectivity index (χ1n) is 7.22. The molecular formula is C16H21N3O. The lowest BCUT2D eigenvalue weighted by molar-refractivity contribution is 0.187. The topological polar surface area (TPSA) is 39.1 Å². The van der Waals surface area contributed by atoms with E-state index in [1.54, 1.807) is 7.11 Å². The van der Waals surface area contributed by atoms with Crippen LogP contribution in [0.2, 0.25) is 0 Å². The summed E-state index contributed by atoms with van der Waals surface area (Å²) in [6, 6.07) is 9.11. The zero-order valence-electron chi connectivity index (χ0n) is 11.9. The monoisotopic (exact) mass is 271 g/mol. The van der Waals surface area contributed by atoms with Crippen LogP contribution >= 0.6 is 0 Å². The first-order chi connectivity index (χ1) is 9.90. The molecule has 0 spiro atoms. The van der Waals surface area contributed by atoms with Gasteiger partial charge in [-0.3, -0.25) is 0 Å². The molecular weight excluding hydrogens is 250 g/mol. The van der Waals surface area contributed by atoms with Crippen LogP contribution in [0.15, 0.2) is 36.8 Å². The van der Waals surface area contributed by atoms with Gasteiger partial charge < -0.3 is 14.6 Å². The van der Waals surface area contributed by atoms with Crippen molar-refractivity contribution in [3.05, 3.63) is 42.4 Å². The Balaban J connectivity index is 1.95. The van der Waals surface area contributed by atoms with Crippen molar-refractivity contribution in [1.82, 2.24) is 14.9 Å². The molecule has 4 nitrogen and oxygen atoms in total. The number of benzene rings is 1. The Morgan fingerprint density at radius 3 is 3.10 bits per heavy atom. The summed E-state index contributed by atoms with van der Waals surface area (Å²) in [4.78, 5) is 4.31. The van der Waals surface area contributed by atoms with Gasteiger partial charge in [-0.2, -0.15) is 0 Å². The fraction of sp³-hybridized carbons (Fsp3) is 0.438. The second kappa shape index (κ2) is 6.20. The minimum absolute atomic E-state index is 0.469. The van der Waals surface area contributed by atoms with Gasteiger partial charge in [-0.1, -0.05) is 24.3 Å². The minimum Gasteiger partial charge on any atom is -0.383 e. The van der Waals surface area contributed by atoms with Gasteiger partial charge in [0.25, 0.3) is 0 Å². The molecule has 1 fully saturated rings. The van der Waals surface area contributed by atoms with Crippen molar-refractivity contribution < 1.29 is 4.74 Å². The fourth-order valence-electron chi connectivity index (χ4n) is 2.90. The van der Waals surface area contributed by atoms with Gasteiger partial charge in [-0.15, -0.1) is 0 Å². The maximum Gasteiger partial charge on any atom is 0.0951 e. The lowest BCUT2D eigenvalue weighted by atomic mass is 9.97. The van der Waals surface area contributed by atoms with E-state index in [2.05, 4.69) is 39.1 Å². The zero-order valence-corrected chi connectivity index (χ0v) is 11.9. The highest BCUT2D eigenvalue weighted by molar-refractivity contribution is 5.64. The van der Waals surface area contributed by atoms with Crippen LogP contribution in [0.25, 0.3) is 11.3 Å². The number of hydrogen-bond donors (Lipinski definition) is 1. The quantitative estimate of drug-likeness (QED) is 0.908. The number of rotatable bonds is 5. The first-order valence-corrected chi connectivity index (χ1v) is 7.22. The molecule has 4 heteroatoms. The van der Waals surface area contributed by atoms with Crippen molar-refractivity contribution in [3.8, 4) is 11.3 Å². The molecule has 2 aromatic rings. The summed E-state index contributed by atoms with van der Waals surface area (Å²) < 4.78 is 7.34. The molecule has 1 N–H and O–H groups in total. The SMILES string of the molecule is COCCn1cncc1-c1ccccc1[C@H]1CCCN1. The Hall–Kier alpha value is -1.65. The number of hydrogen-bond acceptors (Lipinski definition) is 3. The molecule has 0 saturated carbocycles. The molecule has 3 rings (SSSR count). The number of ether oxygens (including phenoxy) is 1. The number of nitrogens with one attached hydrogen (secondary N) is 1. The zero-order chi connectivity index (χ0) is 13.8. The van der Waals surface area contributed by atoms with Crippen LogP contribution < -0.4 is 5.32 Å². The van der Waals surface area contributed by atoms with Gasteiger partial charge in [0.1, 0.15) is 0 Å². The molecule has 1 saturated heterocycles. The number of aromatic nitrogens is 2. The summed E-state index contributed by atoms with van der Waals surface area (Å²) in [6.45, 7) is 2.65. The summed E-state index contributed by atoms with van der Waals surface area (Å²) in [5, 5.41) is 3.58. The van der Waals surface area contributed by atoms with Crippen LogP contribution in [0.3, 0.4) is 0 Å². The van der Waals surface area contributed by atoms with Crippen LogP contribution in [-0.2, 0) is 11.3 Å². The summed E-state index contributed by atoms with van der Waals surface area (Å²) in [6.07, 6.45) is 6.29. The standard InChI is InChI=1S/C16H21N3O/c1-20-10-9-19-12-17-11-16(19)14-6-3-2-5-13(14)15-7-4-8-18-15/h2-3,5-6,11-12,15,18H,4,7-10H2,1H3/t15-/m1/s1. The minimum atomic E-state index is 0.469. The van der Waals surface area contributed by atoms with Gasteiger partial charge in [-0.05, 0) is 24.9 Å². The molecule has 2 heterocycles. The Kier molecular flexibility index (Phi) is 4.14. The molecule has 20 heavy (non-hydrogen) atoms. The van der Waals surface area contributed by atoms with Crippen molar-refractivity contribution in [2.75, 3.05) is 20.3 Å². The predicted octanol–water partition coefficient (Wildman–Crippen LogP) is 2.62. The van der Waals surface area contributed by atoms with Crippen LogP contribution in [0.1, 0.15) is 24.4 Å². The van der Waals surface area contributed by atoms with Crippen molar-refractivity contribution in [2.45, 2.75) is 25.4 Å². The highest BCUT2D eigenvalue weighted by Crippen LogP contribution is 2.32. The molecule has 1 aliphatic rings. The molecule has 0 amide bonds. The summed E-state index contributed by atoms with van der Waals surface area (Å²) in [7, 11) is 1.73. The maximum atomic E-state index is 5.18. The van der Waals surface area contributed by atoms with E-state index < -0.39 is 0 Å². The normalized spacial score (nSPS) is 18.6. The predicted molar refractivity (Wildman–Crippen MR) is 79.5 cm³/mol. The second-order valence-electron chi connectivity index (χ2n) is 5.20. The van der Waals surface area contributed by atoms with Gasteiger partial charge in [-0.25, -0.2) is 4.98 Å². The van der Waals surface area contributed by atoms with E-state index in [1.807, 2.05) is 12.5 Å². The molecule has 1 aromatic carbocycles. The largest absolute Gasteiger partial charge is 0.383 e. The van der Waals surface area contributed by atoms with Gasteiger partial charge >= 0.3 is 0 Å². The smallest absolute Gasteiger partial charge is 0.0951 e. The van der Waals surface area contributed by atoms with Gasteiger partial charge in [0.2, 0.25) is 0 Å². The molecule has 106 valence electrons. The van der Waals surface area contributed by atoms with Crippen LogP contribution in [0.4, 0.5) is 0 Å². The number of nitrogens with zero attached hydrogens (tertiary/aromatic N) is 2. The van der Waals surface area contributed by atoms with Gasteiger partial charge in [0, 0.05) is 25.3 Å². The average Bonchev–Trinajstić information content (AvgIpc) is 3.16. The molecule has 1 aliphatic heterocycles. The van der Waals surface area contributed by atoms with Crippen LogP contribution in [-0.4, -0.2) is 29.8 Å². The van der Waals surface area contributed by atoms with E-state index in [9.17, 15) is 0 Å². The molecule has 0 aliphatic carbocycles. The summed E-state index contributed by atoms with van der Waals surface area (Å²) in [5.41, 5.74) is 3.83. The van der Waals surface area contributed by atoms with Crippen molar-refractivity contribution in [1.29, 1.82) is 0 Å². The molecule has 0 radical (unpaired) electrons. The van der Waals surface area contributed by atoms with E-state index in [0.29, 0.717) is 12.6 Å². The summed E-state index contributed by atoms with van der Waals surface area (Å²) >= 11 is 0. The van der Waals surface area contributed by atoms with Gasteiger partial charge in [0.15, 0.2) is 0 Å². The fourth-order valence-corrected chi connectivity index (χ4v) is 2.90. The molecule has 0 bridgehead atoms. The van der Waals surface area contributed by atoms with E-state index >= 15 is 0 Å². The van der Waals surface area contributed by atoms with E-state index in [0.717, 1.165) is 13.1 Å².